The molecule has 1 aliphatic heterocycles. The van der Waals surface area contributed by atoms with Crippen molar-refractivity contribution in [2.24, 2.45) is 0 Å². The second-order valence-corrected chi connectivity index (χ2v) is 4.44. The molecule has 2 amide bonds. The van der Waals surface area contributed by atoms with E-state index in [9.17, 15) is 9.59 Å². The van der Waals surface area contributed by atoms with Crippen LogP contribution < -0.4 is 0 Å². The van der Waals surface area contributed by atoms with Crippen LogP contribution in [0.15, 0.2) is 0 Å². The zero-order valence-electron chi connectivity index (χ0n) is 10.4. The lowest BCUT2D eigenvalue weighted by Gasteiger charge is -2.34. The Balaban J connectivity index is 2.30. The largest absolute Gasteiger partial charge is 0.339 e. The fourth-order valence-electron chi connectivity index (χ4n) is 1.75. The van der Waals surface area contributed by atoms with Crippen molar-refractivity contribution >= 4 is 11.8 Å². The van der Waals surface area contributed by atoms with E-state index in [4.69, 9.17) is 0 Å². The predicted molar refractivity (Wildman–Crippen MR) is 62.0 cm³/mol. The van der Waals surface area contributed by atoms with E-state index in [0.717, 1.165) is 6.54 Å². The molecule has 0 aliphatic carbocycles. The van der Waals surface area contributed by atoms with E-state index < -0.39 is 0 Å². The van der Waals surface area contributed by atoms with Crippen molar-refractivity contribution in [2.75, 3.05) is 46.8 Å². The first-order chi connectivity index (χ1) is 7.50. The van der Waals surface area contributed by atoms with Gasteiger partial charge in [-0.3, -0.25) is 9.59 Å². The standard InChI is InChI=1S/C11H21N3O2/c1-10(15)13-6-8-14(9-7-13)11(16)4-5-12(2)3/h4-9H2,1-3H3. The first-order valence-electron chi connectivity index (χ1n) is 5.68. The monoisotopic (exact) mass is 227 g/mol. The minimum Gasteiger partial charge on any atom is -0.339 e. The van der Waals surface area contributed by atoms with E-state index in [1.165, 1.54) is 0 Å². The van der Waals surface area contributed by atoms with Crippen LogP contribution in [0.25, 0.3) is 0 Å². The fourth-order valence-corrected chi connectivity index (χ4v) is 1.75. The van der Waals surface area contributed by atoms with Gasteiger partial charge in [0.2, 0.25) is 11.8 Å². The molecule has 0 aromatic heterocycles. The lowest BCUT2D eigenvalue weighted by Crippen LogP contribution is -2.50. The minimum absolute atomic E-state index is 0.0976. The molecule has 1 aliphatic rings. The van der Waals surface area contributed by atoms with Gasteiger partial charge in [-0.15, -0.1) is 0 Å². The van der Waals surface area contributed by atoms with Crippen LogP contribution in [0, 0.1) is 0 Å². The van der Waals surface area contributed by atoms with Crippen LogP contribution in [0.1, 0.15) is 13.3 Å². The maximum Gasteiger partial charge on any atom is 0.223 e. The summed E-state index contributed by atoms with van der Waals surface area (Å²) in [6, 6.07) is 0. The molecular weight excluding hydrogens is 206 g/mol. The molecule has 5 nitrogen and oxygen atoms in total. The Hall–Kier alpha value is -1.10. The molecule has 1 fully saturated rings. The third-order valence-corrected chi connectivity index (χ3v) is 2.85. The highest BCUT2D eigenvalue weighted by molar-refractivity contribution is 5.77. The summed E-state index contributed by atoms with van der Waals surface area (Å²) in [5.41, 5.74) is 0. The Labute approximate surface area is 97.0 Å². The van der Waals surface area contributed by atoms with Gasteiger partial charge < -0.3 is 14.7 Å². The van der Waals surface area contributed by atoms with Gasteiger partial charge in [0, 0.05) is 46.1 Å². The smallest absolute Gasteiger partial charge is 0.223 e. The third-order valence-electron chi connectivity index (χ3n) is 2.85. The van der Waals surface area contributed by atoms with Gasteiger partial charge in [-0.1, -0.05) is 0 Å². The van der Waals surface area contributed by atoms with Crippen LogP contribution in [0.3, 0.4) is 0 Å². The minimum atomic E-state index is 0.0976. The molecule has 0 N–H and O–H groups in total. The quantitative estimate of drug-likeness (QED) is 0.660. The SMILES string of the molecule is CC(=O)N1CCN(C(=O)CCN(C)C)CC1. The zero-order chi connectivity index (χ0) is 12.1. The molecule has 0 saturated carbocycles. The highest BCUT2D eigenvalue weighted by Crippen LogP contribution is 2.04. The van der Waals surface area contributed by atoms with Crippen LogP contribution in [0.2, 0.25) is 0 Å². The highest BCUT2D eigenvalue weighted by Gasteiger charge is 2.21. The Morgan fingerprint density at radius 3 is 2.00 bits per heavy atom. The molecule has 0 bridgehead atoms. The topological polar surface area (TPSA) is 43.9 Å². The Morgan fingerprint density at radius 2 is 1.56 bits per heavy atom. The zero-order valence-corrected chi connectivity index (χ0v) is 10.4. The van der Waals surface area contributed by atoms with Gasteiger partial charge in [-0.2, -0.15) is 0 Å². The van der Waals surface area contributed by atoms with Crippen molar-refractivity contribution in [3.8, 4) is 0 Å². The summed E-state index contributed by atoms with van der Waals surface area (Å²) in [6.07, 6.45) is 0.563. The number of hydrogen-bond acceptors (Lipinski definition) is 3. The van der Waals surface area contributed by atoms with Crippen molar-refractivity contribution in [2.45, 2.75) is 13.3 Å². The van der Waals surface area contributed by atoms with Crippen molar-refractivity contribution in [3.63, 3.8) is 0 Å². The van der Waals surface area contributed by atoms with E-state index >= 15 is 0 Å². The first kappa shape index (κ1) is 13.0. The second-order valence-electron chi connectivity index (χ2n) is 4.44. The van der Waals surface area contributed by atoms with Gasteiger partial charge in [0.1, 0.15) is 0 Å². The summed E-state index contributed by atoms with van der Waals surface area (Å²) in [7, 11) is 3.92. The predicted octanol–water partition coefficient (Wildman–Crippen LogP) is -0.371. The molecule has 5 heteroatoms. The average Bonchev–Trinajstić information content (AvgIpc) is 2.26. The normalized spacial score (nSPS) is 16.8. The molecule has 0 spiro atoms. The molecular formula is C11H21N3O2. The fraction of sp³-hybridized carbons (Fsp3) is 0.818. The number of amides is 2. The van der Waals surface area contributed by atoms with E-state index in [1.807, 2.05) is 23.9 Å². The highest BCUT2D eigenvalue weighted by atomic mass is 16.2. The van der Waals surface area contributed by atoms with E-state index in [1.54, 1.807) is 11.8 Å². The van der Waals surface area contributed by atoms with Crippen molar-refractivity contribution in [1.82, 2.24) is 14.7 Å². The Kier molecular flexibility index (Phi) is 4.73. The van der Waals surface area contributed by atoms with Crippen molar-refractivity contribution in [1.29, 1.82) is 0 Å². The van der Waals surface area contributed by atoms with Gasteiger partial charge in [-0.25, -0.2) is 0 Å². The van der Waals surface area contributed by atoms with Gasteiger partial charge in [0.15, 0.2) is 0 Å². The van der Waals surface area contributed by atoms with Gasteiger partial charge in [0.25, 0.3) is 0 Å². The molecule has 1 saturated heterocycles. The number of rotatable bonds is 3. The number of carbonyl (C=O) groups is 2. The molecule has 0 aromatic carbocycles. The molecule has 0 radical (unpaired) electrons. The molecule has 1 heterocycles. The molecule has 1 rings (SSSR count). The molecule has 92 valence electrons. The van der Waals surface area contributed by atoms with Crippen LogP contribution in [0.4, 0.5) is 0 Å². The first-order valence-corrected chi connectivity index (χ1v) is 5.68. The van der Waals surface area contributed by atoms with E-state index in [2.05, 4.69) is 0 Å². The number of nitrogens with zero attached hydrogens (tertiary/aromatic N) is 3. The number of piperazine rings is 1. The molecule has 0 aromatic rings. The lowest BCUT2D eigenvalue weighted by atomic mass is 10.2. The van der Waals surface area contributed by atoms with Gasteiger partial charge in [-0.05, 0) is 14.1 Å². The van der Waals surface area contributed by atoms with Crippen molar-refractivity contribution in [3.05, 3.63) is 0 Å². The Morgan fingerprint density at radius 1 is 1.06 bits per heavy atom. The summed E-state index contributed by atoms with van der Waals surface area (Å²) in [5, 5.41) is 0. The summed E-state index contributed by atoms with van der Waals surface area (Å²) in [5.74, 6) is 0.289. The van der Waals surface area contributed by atoms with E-state index in [0.29, 0.717) is 32.6 Å². The van der Waals surface area contributed by atoms with Crippen LogP contribution >= 0.6 is 0 Å². The van der Waals surface area contributed by atoms with Gasteiger partial charge in [0.05, 0.1) is 0 Å². The van der Waals surface area contributed by atoms with Crippen LogP contribution in [0.5, 0.6) is 0 Å². The van der Waals surface area contributed by atoms with E-state index in [-0.39, 0.29) is 11.8 Å². The molecule has 0 atom stereocenters. The lowest BCUT2D eigenvalue weighted by molar-refractivity contribution is -0.138. The van der Waals surface area contributed by atoms with Gasteiger partial charge >= 0.3 is 0 Å². The molecule has 0 unspecified atom stereocenters. The molecule has 16 heavy (non-hydrogen) atoms. The van der Waals surface area contributed by atoms with Crippen LogP contribution in [-0.4, -0.2) is 73.3 Å². The number of hydrogen-bond donors (Lipinski definition) is 0. The maximum atomic E-state index is 11.8. The van der Waals surface area contributed by atoms with Crippen LogP contribution in [-0.2, 0) is 9.59 Å². The third kappa shape index (κ3) is 3.81. The summed E-state index contributed by atoms with van der Waals surface area (Å²) < 4.78 is 0. The summed E-state index contributed by atoms with van der Waals surface area (Å²) in [6.45, 7) is 5.04. The second kappa shape index (κ2) is 5.84. The van der Waals surface area contributed by atoms with Crippen molar-refractivity contribution < 1.29 is 9.59 Å². The maximum absolute atomic E-state index is 11.8. The number of carbonyl (C=O) groups excluding carboxylic acids is 2. The summed E-state index contributed by atoms with van der Waals surface area (Å²) >= 11 is 0. The average molecular weight is 227 g/mol. The Bertz CT molecular complexity index is 258. The summed E-state index contributed by atoms with van der Waals surface area (Å²) in [4.78, 5) is 28.5.